The third-order valence-corrected chi connectivity index (χ3v) is 2.41. The highest BCUT2D eigenvalue weighted by atomic mass is 19.3. The number of H-pyrrole nitrogens is 1. The largest absolute Gasteiger partial charge is 0.435 e. The molecule has 0 amide bonds. The molecule has 6 nitrogen and oxygen atoms in total. The fourth-order valence-electron chi connectivity index (χ4n) is 1.58. The van der Waals surface area contributed by atoms with Crippen LogP contribution in [0.2, 0.25) is 0 Å². The summed E-state index contributed by atoms with van der Waals surface area (Å²) >= 11 is 0. The third kappa shape index (κ3) is 2.22. The predicted octanol–water partition coefficient (Wildman–Crippen LogP) is 1.17. The van der Waals surface area contributed by atoms with Gasteiger partial charge in [0.15, 0.2) is 0 Å². The van der Waals surface area contributed by atoms with Gasteiger partial charge in [0.25, 0.3) is 0 Å². The van der Waals surface area contributed by atoms with Gasteiger partial charge in [0.1, 0.15) is 5.75 Å². The average Bonchev–Trinajstić information content (AvgIpc) is 2.69. The summed E-state index contributed by atoms with van der Waals surface area (Å²) in [5.41, 5.74) is 1.02. The summed E-state index contributed by atoms with van der Waals surface area (Å²) in [7, 11) is 0. The molecule has 1 N–H and O–H groups in total. The van der Waals surface area contributed by atoms with Crippen molar-refractivity contribution in [2.75, 3.05) is 0 Å². The van der Waals surface area contributed by atoms with Crippen LogP contribution in [0.15, 0.2) is 16.9 Å². The Morgan fingerprint density at radius 3 is 2.61 bits per heavy atom. The third-order valence-electron chi connectivity index (χ3n) is 2.41. The van der Waals surface area contributed by atoms with E-state index in [2.05, 4.69) is 20.3 Å². The fraction of sp³-hybridized carbons (Fsp3) is 0.300. The molecular weight excluding hydrogens is 246 g/mol. The monoisotopic (exact) mass is 256 g/mol. The number of rotatable bonds is 3. The van der Waals surface area contributed by atoms with Crippen LogP contribution in [0.4, 0.5) is 8.78 Å². The molecule has 2 aromatic rings. The summed E-state index contributed by atoms with van der Waals surface area (Å²) in [5, 5.41) is 9.11. The molecule has 1 aromatic heterocycles. The SMILES string of the molecule is Cc1cc(-n2nn[nH]c2=O)c(C)cc1OC(F)F. The highest BCUT2D eigenvalue weighted by molar-refractivity contribution is 5.48. The van der Waals surface area contributed by atoms with Crippen molar-refractivity contribution in [2.24, 2.45) is 0 Å². The molecule has 2 rings (SSSR count). The van der Waals surface area contributed by atoms with Gasteiger partial charge in [-0.2, -0.15) is 13.5 Å². The maximum atomic E-state index is 12.2. The normalized spacial score (nSPS) is 10.9. The molecule has 0 aliphatic rings. The maximum Gasteiger partial charge on any atom is 0.387 e. The highest BCUT2D eigenvalue weighted by Gasteiger charge is 2.13. The van der Waals surface area contributed by atoms with Gasteiger partial charge in [-0.1, -0.05) is 0 Å². The molecule has 0 saturated carbocycles. The van der Waals surface area contributed by atoms with Crippen molar-refractivity contribution in [3.63, 3.8) is 0 Å². The first-order valence-corrected chi connectivity index (χ1v) is 5.06. The van der Waals surface area contributed by atoms with Gasteiger partial charge in [0.05, 0.1) is 5.69 Å². The van der Waals surface area contributed by atoms with E-state index in [1.54, 1.807) is 13.8 Å². The van der Waals surface area contributed by atoms with Gasteiger partial charge < -0.3 is 4.74 Å². The summed E-state index contributed by atoms with van der Waals surface area (Å²) in [5.74, 6) is 0.0720. The standard InChI is InChI=1S/C10H10F2N4O2/c1-5-4-8(18-9(11)12)6(2)3-7(5)16-10(17)13-14-15-16/h3-4,9H,1-2H3,(H,13,15,17). The van der Waals surface area contributed by atoms with E-state index in [4.69, 9.17) is 0 Å². The zero-order chi connectivity index (χ0) is 13.3. The molecule has 1 aromatic carbocycles. The van der Waals surface area contributed by atoms with Crippen LogP contribution in [0.1, 0.15) is 11.1 Å². The average molecular weight is 256 g/mol. The van der Waals surface area contributed by atoms with E-state index in [0.29, 0.717) is 16.8 Å². The van der Waals surface area contributed by atoms with Crippen LogP contribution >= 0.6 is 0 Å². The Bertz CT molecular complexity index is 621. The molecule has 8 heteroatoms. The lowest BCUT2D eigenvalue weighted by Gasteiger charge is -2.11. The second-order valence-corrected chi connectivity index (χ2v) is 3.70. The Morgan fingerprint density at radius 2 is 2.06 bits per heavy atom. The first-order valence-electron chi connectivity index (χ1n) is 5.06. The van der Waals surface area contributed by atoms with Crippen molar-refractivity contribution in [1.29, 1.82) is 0 Å². The molecule has 0 aliphatic carbocycles. The van der Waals surface area contributed by atoms with E-state index in [9.17, 15) is 13.6 Å². The number of hydrogen-bond donors (Lipinski definition) is 1. The van der Waals surface area contributed by atoms with E-state index in [-0.39, 0.29) is 5.75 Å². The fourth-order valence-corrected chi connectivity index (χ4v) is 1.58. The van der Waals surface area contributed by atoms with Crippen LogP contribution in [-0.2, 0) is 0 Å². The zero-order valence-electron chi connectivity index (χ0n) is 9.65. The number of alkyl halides is 2. The molecule has 18 heavy (non-hydrogen) atoms. The van der Waals surface area contributed by atoms with Gasteiger partial charge >= 0.3 is 12.3 Å². The van der Waals surface area contributed by atoms with Crippen molar-refractivity contribution in [2.45, 2.75) is 20.5 Å². The number of hydrogen-bond acceptors (Lipinski definition) is 4. The second-order valence-electron chi connectivity index (χ2n) is 3.70. The van der Waals surface area contributed by atoms with Gasteiger partial charge in [0.2, 0.25) is 0 Å². The van der Waals surface area contributed by atoms with E-state index in [1.807, 2.05) is 0 Å². The van der Waals surface area contributed by atoms with Gasteiger partial charge in [-0.15, -0.1) is 0 Å². The molecule has 96 valence electrons. The zero-order valence-corrected chi connectivity index (χ0v) is 9.65. The van der Waals surface area contributed by atoms with E-state index < -0.39 is 12.3 Å². The van der Waals surface area contributed by atoms with Gasteiger partial charge in [0, 0.05) is 0 Å². The number of nitrogens with one attached hydrogen (secondary N) is 1. The summed E-state index contributed by atoms with van der Waals surface area (Å²) < 4.78 is 29.7. The highest BCUT2D eigenvalue weighted by Crippen LogP contribution is 2.25. The molecule has 0 unspecified atom stereocenters. The molecular formula is C10H10F2N4O2. The number of ether oxygens (including phenoxy) is 1. The summed E-state index contributed by atoms with van der Waals surface area (Å²) in [6, 6.07) is 2.97. The van der Waals surface area contributed by atoms with Crippen LogP contribution in [0.5, 0.6) is 5.75 Å². The van der Waals surface area contributed by atoms with Crippen LogP contribution < -0.4 is 10.4 Å². The number of aromatic nitrogens is 4. The van der Waals surface area contributed by atoms with Gasteiger partial charge in [-0.05, 0) is 47.5 Å². The molecule has 0 aliphatic heterocycles. The lowest BCUT2D eigenvalue weighted by atomic mass is 10.1. The molecule has 0 spiro atoms. The van der Waals surface area contributed by atoms with Crippen LogP contribution in [-0.4, -0.2) is 26.8 Å². The lowest BCUT2D eigenvalue weighted by molar-refractivity contribution is -0.0503. The van der Waals surface area contributed by atoms with E-state index in [0.717, 1.165) is 4.68 Å². The number of nitrogens with zero attached hydrogens (tertiary/aromatic N) is 3. The van der Waals surface area contributed by atoms with Gasteiger partial charge in [-0.25, -0.2) is 9.89 Å². The maximum absolute atomic E-state index is 12.2. The summed E-state index contributed by atoms with van der Waals surface area (Å²) in [6.07, 6.45) is 0. The van der Waals surface area contributed by atoms with Crippen molar-refractivity contribution in [3.8, 4) is 11.4 Å². The Balaban J connectivity index is 2.50. The van der Waals surface area contributed by atoms with Crippen molar-refractivity contribution < 1.29 is 13.5 Å². The Labute approximate surface area is 100 Å². The molecule has 0 radical (unpaired) electrons. The number of aromatic amines is 1. The first kappa shape index (κ1) is 12.2. The number of aryl methyl sites for hydroxylation is 2. The first-order chi connectivity index (χ1) is 8.49. The predicted molar refractivity (Wildman–Crippen MR) is 58.1 cm³/mol. The Kier molecular flexibility index (Phi) is 3.09. The lowest BCUT2D eigenvalue weighted by Crippen LogP contribution is -2.17. The minimum absolute atomic E-state index is 0.0720. The van der Waals surface area contributed by atoms with E-state index >= 15 is 0 Å². The summed E-state index contributed by atoms with van der Waals surface area (Å²) in [6.45, 7) is 0.378. The molecule has 0 fully saturated rings. The minimum Gasteiger partial charge on any atom is -0.435 e. The number of halogens is 2. The van der Waals surface area contributed by atoms with Crippen LogP contribution in [0.3, 0.4) is 0 Å². The molecule has 0 saturated heterocycles. The van der Waals surface area contributed by atoms with Crippen molar-refractivity contribution >= 4 is 0 Å². The van der Waals surface area contributed by atoms with Crippen LogP contribution in [0, 0.1) is 13.8 Å². The minimum atomic E-state index is -2.89. The van der Waals surface area contributed by atoms with Crippen LogP contribution in [0.25, 0.3) is 5.69 Å². The van der Waals surface area contributed by atoms with E-state index in [1.165, 1.54) is 12.1 Å². The topological polar surface area (TPSA) is 72.8 Å². The smallest absolute Gasteiger partial charge is 0.387 e. The van der Waals surface area contributed by atoms with Crippen molar-refractivity contribution in [1.82, 2.24) is 20.2 Å². The molecule has 1 heterocycles. The van der Waals surface area contributed by atoms with Crippen molar-refractivity contribution in [3.05, 3.63) is 33.7 Å². The molecule has 0 bridgehead atoms. The number of benzene rings is 1. The quantitative estimate of drug-likeness (QED) is 0.894. The van der Waals surface area contributed by atoms with Gasteiger partial charge in [-0.3, -0.25) is 0 Å². The Hall–Kier alpha value is -2.25. The number of tetrazole rings is 1. The summed E-state index contributed by atoms with van der Waals surface area (Å²) in [4.78, 5) is 11.4. The second kappa shape index (κ2) is 4.55. The molecule has 0 atom stereocenters. The Morgan fingerprint density at radius 1 is 1.33 bits per heavy atom.